The van der Waals surface area contributed by atoms with E-state index >= 15 is 0 Å². The van der Waals surface area contributed by atoms with Crippen molar-refractivity contribution in [2.75, 3.05) is 26.2 Å². The Balaban J connectivity index is 1.39. The van der Waals surface area contributed by atoms with Crippen LogP contribution in [0.5, 0.6) is 0 Å². The first-order valence-corrected chi connectivity index (χ1v) is 14.5. The summed E-state index contributed by atoms with van der Waals surface area (Å²) in [6.07, 6.45) is 2.78. The molecule has 0 N–H and O–H groups in total. The summed E-state index contributed by atoms with van der Waals surface area (Å²) in [5, 5.41) is 13.4. The molecule has 11 heteroatoms. The molecule has 3 aromatic carbocycles. The summed E-state index contributed by atoms with van der Waals surface area (Å²) >= 11 is 6.05. The van der Waals surface area contributed by atoms with Crippen LogP contribution in [0.1, 0.15) is 17.3 Å². The first-order valence-electron chi connectivity index (χ1n) is 12.6. The Hall–Kier alpha value is -3.99. The lowest BCUT2D eigenvalue weighted by atomic mass is 10.0. The molecule has 1 amide bonds. The Morgan fingerprint density at radius 3 is 2.30 bits per heavy atom. The molecule has 1 atom stereocenters. The fraction of sp³-hybridized carbons (Fsp3) is 0.207. The standard InChI is InChI=1S/C29H26ClN3O6S/c1-2-39-29(35)27-19-32(40(37,38)26-10-8-23-17-25(30)9-7-24(23)18-26)15-16-33(27)28(34)22-5-3-20(4-6-22)21-11-13-31(36)14-12-21/h3-14,17-18,27H,2,15-16,19H2,1H3. The van der Waals surface area contributed by atoms with Crippen LogP contribution in [0, 0.1) is 5.21 Å². The summed E-state index contributed by atoms with van der Waals surface area (Å²) in [5.74, 6) is -1.08. The molecule has 1 fully saturated rings. The van der Waals surface area contributed by atoms with Gasteiger partial charge in [0.05, 0.1) is 11.5 Å². The number of carbonyl (C=O) groups is 2. The molecule has 0 bridgehead atoms. The highest BCUT2D eigenvalue weighted by Crippen LogP contribution is 2.27. The van der Waals surface area contributed by atoms with E-state index in [0.717, 1.165) is 16.5 Å². The summed E-state index contributed by atoms with van der Waals surface area (Å²) in [5.41, 5.74) is 1.97. The van der Waals surface area contributed by atoms with Gasteiger partial charge >= 0.3 is 5.97 Å². The summed E-state index contributed by atoms with van der Waals surface area (Å²) < 4.78 is 34.3. The van der Waals surface area contributed by atoms with Crippen molar-refractivity contribution in [3.63, 3.8) is 0 Å². The number of hydrogen-bond acceptors (Lipinski definition) is 6. The molecule has 1 aliphatic rings. The number of aromatic nitrogens is 1. The minimum atomic E-state index is -3.97. The monoisotopic (exact) mass is 579 g/mol. The maximum Gasteiger partial charge on any atom is 0.330 e. The molecule has 0 spiro atoms. The number of ether oxygens (including phenoxy) is 1. The number of esters is 1. The highest BCUT2D eigenvalue weighted by Gasteiger charge is 2.41. The van der Waals surface area contributed by atoms with Crippen LogP contribution < -0.4 is 4.73 Å². The number of rotatable bonds is 6. The molecule has 5 rings (SSSR count). The Labute approximate surface area is 236 Å². The highest BCUT2D eigenvalue weighted by molar-refractivity contribution is 7.89. The van der Waals surface area contributed by atoms with E-state index in [4.69, 9.17) is 16.3 Å². The first kappa shape index (κ1) is 27.6. The lowest BCUT2D eigenvalue weighted by molar-refractivity contribution is -0.605. The van der Waals surface area contributed by atoms with E-state index in [0.29, 0.717) is 20.7 Å². The second kappa shape index (κ2) is 11.2. The topological polar surface area (TPSA) is 111 Å². The van der Waals surface area contributed by atoms with Crippen LogP contribution in [0.3, 0.4) is 0 Å². The fourth-order valence-corrected chi connectivity index (χ4v) is 6.39. The summed E-state index contributed by atoms with van der Waals surface area (Å²) in [4.78, 5) is 27.9. The Kier molecular flexibility index (Phi) is 7.75. The Morgan fingerprint density at radius 1 is 0.950 bits per heavy atom. The van der Waals surface area contributed by atoms with E-state index < -0.39 is 27.9 Å². The summed E-state index contributed by atoms with van der Waals surface area (Å²) in [7, 11) is -3.97. The van der Waals surface area contributed by atoms with Crippen molar-refractivity contribution in [3.8, 4) is 11.1 Å². The molecule has 1 saturated heterocycles. The number of carbonyl (C=O) groups excluding carboxylic acids is 2. The number of piperazine rings is 1. The second-order valence-corrected chi connectivity index (χ2v) is 11.7. The maximum absolute atomic E-state index is 13.6. The Bertz CT molecular complexity index is 1680. The van der Waals surface area contributed by atoms with Crippen molar-refractivity contribution < 1.29 is 27.5 Å². The molecule has 4 aromatic rings. The molecule has 2 heterocycles. The third kappa shape index (κ3) is 5.51. The maximum atomic E-state index is 13.6. The van der Waals surface area contributed by atoms with E-state index in [1.54, 1.807) is 73.7 Å². The van der Waals surface area contributed by atoms with Gasteiger partial charge in [0.2, 0.25) is 10.0 Å². The predicted molar refractivity (Wildman–Crippen MR) is 150 cm³/mol. The van der Waals surface area contributed by atoms with Gasteiger partial charge in [0.25, 0.3) is 5.91 Å². The predicted octanol–water partition coefficient (Wildman–Crippen LogP) is 3.87. The number of sulfonamides is 1. The Morgan fingerprint density at radius 2 is 1.60 bits per heavy atom. The van der Waals surface area contributed by atoms with Crippen LogP contribution in [-0.2, 0) is 19.6 Å². The van der Waals surface area contributed by atoms with Gasteiger partial charge in [-0.25, -0.2) is 13.2 Å². The molecule has 206 valence electrons. The second-order valence-electron chi connectivity index (χ2n) is 9.31. The zero-order valence-electron chi connectivity index (χ0n) is 21.6. The van der Waals surface area contributed by atoms with E-state index in [-0.39, 0.29) is 31.1 Å². The molecule has 1 aromatic heterocycles. The zero-order valence-corrected chi connectivity index (χ0v) is 23.1. The van der Waals surface area contributed by atoms with E-state index in [9.17, 15) is 23.2 Å². The van der Waals surface area contributed by atoms with Gasteiger partial charge in [-0.05, 0) is 65.2 Å². The normalized spacial score (nSPS) is 16.1. The lowest BCUT2D eigenvalue weighted by Gasteiger charge is -2.39. The highest BCUT2D eigenvalue weighted by atomic mass is 35.5. The van der Waals surface area contributed by atoms with E-state index in [1.807, 2.05) is 0 Å². The number of amides is 1. The molecule has 1 aliphatic heterocycles. The molecule has 40 heavy (non-hydrogen) atoms. The van der Waals surface area contributed by atoms with Crippen LogP contribution >= 0.6 is 11.6 Å². The molecular formula is C29H26ClN3O6S. The van der Waals surface area contributed by atoms with Gasteiger partial charge in [0, 0.05) is 42.4 Å². The van der Waals surface area contributed by atoms with Gasteiger partial charge < -0.3 is 14.8 Å². The smallest absolute Gasteiger partial charge is 0.330 e. The zero-order chi connectivity index (χ0) is 28.4. The van der Waals surface area contributed by atoms with Gasteiger partial charge in [-0.3, -0.25) is 4.79 Å². The molecule has 1 unspecified atom stereocenters. The summed E-state index contributed by atoms with van der Waals surface area (Å²) in [6.45, 7) is 1.53. The number of pyridine rings is 1. The first-order chi connectivity index (χ1) is 19.2. The van der Waals surface area contributed by atoms with Crippen molar-refractivity contribution in [1.82, 2.24) is 9.21 Å². The molecule has 0 radical (unpaired) electrons. The number of benzene rings is 3. The van der Waals surface area contributed by atoms with E-state index in [2.05, 4.69) is 0 Å². The van der Waals surface area contributed by atoms with Crippen LogP contribution in [0.2, 0.25) is 5.02 Å². The van der Waals surface area contributed by atoms with Crippen LogP contribution in [0.15, 0.2) is 90.1 Å². The quantitative estimate of drug-likeness (QED) is 0.195. The largest absolute Gasteiger partial charge is 0.619 e. The molecule has 0 saturated carbocycles. The van der Waals surface area contributed by atoms with Gasteiger partial charge in [-0.2, -0.15) is 9.04 Å². The van der Waals surface area contributed by atoms with Gasteiger partial charge in [-0.15, -0.1) is 0 Å². The number of nitrogens with zero attached hydrogens (tertiary/aromatic N) is 3. The average molecular weight is 580 g/mol. The van der Waals surface area contributed by atoms with E-state index in [1.165, 1.54) is 27.7 Å². The number of fused-ring (bicyclic) bond motifs is 1. The molecule has 0 aliphatic carbocycles. The third-order valence-electron chi connectivity index (χ3n) is 6.84. The summed E-state index contributed by atoms with van der Waals surface area (Å²) in [6, 6.07) is 19.0. The van der Waals surface area contributed by atoms with Crippen LogP contribution in [-0.4, -0.2) is 61.8 Å². The van der Waals surface area contributed by atoms with Crippen LogP contribution in [0.4, 0.5) is 0 Å². The van der Waals surface area contributed by atoms with Gasteiger partial charge in [0.1, 0.15) is 6.04 Å². The fourth-order valence-electron chi connectivity index (χ4n) is 4.74. The SMILES string of the molecule is CCOC(=O)C1CN(S(=O)(=O)c2ccc3cc(Cl)ccc3c2)CCN1C(=O)c1ccc(-c2cc[n+]([O-])cc2)cc1. The lowest BCUT2D eigenvalue weighted by Crippen LogP contribution is -2.59. The van der Waals surface area contributed by atoms with Crippen molar-refractivity contribution in [2.45, 2.75) is 17.9 Å². The minimum Gasteiger partial charge on any atom is -0.619 e. The van der Waals surface area contributed by atoms with Crippen molar-refractivity contribution in [3.05, 3.63) is 101 Å². The number of halogens is 1. The van der Waals surface area contributed by atoms with Crippen molar-refractivity contribution in [1.29, 1.82) is 0 Å². The molecular weight excluding hydrogens is 554 g/mol. The average Bonchev–Trinajstić information content (AvgIpc) is 2.96. The van der Waals surface area contributed by atoms with Gasteiger partial charge in [0.15, 0.2) is 12.4 Å². The van der Waals surface area contributed by atoms with Gasteiger partial charge in [-0.1, -0.05) is 35.9 Å². The third-order valence-corrected chi connectivity index (χ3v) is 8.94. The number of hydrogen-bond donors (Lipinski definition) is 0. The van der Waals surface area contributed by atoms with Crippen LogP contribution in [0.25, 0.3) is 21.9 Å². The molecule has 9 nitrogen and oxygen atoms in total. The van der Waals surface area contributed by atoms with Crippen molar-refractivity contribution >= 4 is 44.3 Å². The van der Waals surface area contributed by atoms with Crippen molar-refractivity contribution in [2.24, 2.45) is 0 Å². The minimum absolute atomic E-state index is 0.00860.